The maximum atomic E-state index is 12.1. The molecular weight excluding hydrogens is 358 g/mol. The van der Waals surface area contributed by atoms with Crippen LogP contribution in [-0.4, -0.2) is 36.0 Å². The summed E-state index contributed by atoms with van der Waals surface area (Å²) in [5.41, 5.74) is 2.03. The van der Waals surface area contributed by atoms with Crippen LogP contribution in [0.15, 0.2) is 28.7 Å². The molecule has 23 heavy (non-hydrogen) atoms. The second-order valence-corrected chi connectivity index (χ2v) is 6.75. The number of nitrogens with zero attached hydrogens (tertiary/aromatic N) is 1. The van der Waals surface area contributed by atoms with Crippen molar-refractivity contribution >= 4 is 33.9 Å². The largest absolute Gasteiger partial charge is 0.452 e. The van der Waals surface area contributed by atoms with Crippen LogP contribution in [-0.2, 0) is 14.3 Å². The lowest BCUT2D eigenvalue weighted by Gasteiger charge is -2.33. The third-order valence-corrected chi connectivity index (χ3v) is 4.70. The summed E-state index contributed by atoms with van der Waals surface area (Å²) < 4.78 is 5.97. The Morgan fingerprint density at radius 2 is 2.17 bits per heavy atom. The minimum Gasteiger partial charge on any atom is -0.452 e. The van der Waals surface area contributed by atoms with Crippen molar-refractivity contribution in [1.82, 2.24) is 4.90 Å². The van der Waals surface area contributed by atoms with Crippen molar-refractivity contribution in [1.29, 1.82) is 0 Å². The van der Waals surface area contributed by atoms with E-state index < -0.39 is 5.97 Å². The third kappa shape index (κ3) is 5.20. The van der Waals surface area contributed by atoms with Gasteiger partial charge in [-0.25, -0.2) is 4.79 Å². The van der Waals surface area contributed by atoms with Gasteiger partial charge in [0, 0.05) is 23.1 Å². The molecule has 1 fully saturated rings. The third-order valence-electron chi connectivity index (χ3n) is 4.02. The summed E-state index contributed by atoms with van der Waals surface area (Å²) in [6.45, 7) is 4.60. The minimum absolute atomic E-state index is 0.115. The van der Waals surface area contributed by atoms with Crippen molar-refractivity contribution in [3.05, 3.63) is 39.9 Å². The fraction of sp³-hybridized carbons (Fsp3) is 0.444. The monoisotopic (exact) mass is 379 g/mol. The number of esters is 1. The molecule has 0 aromatic heterocycles. The van der Waals surface area contributed by atoms with Crippen LogP contribution in [0.5, 0.6) is 0 Å². The maximum Gasteiger partial charge on any atom is 0.331 e. The molecule has 0 unspecified atom stereocenters. The summed E-state index contributed by atoms with van der Waals surface area (Å²) in [5.74, 6) is -0.619. The van der Waals surface area contributed by atoms with Gasteiger partial charge in [-0.2, -0.15) is 0 Å². The molecule has 1 atom stereocenters. The summed E-state index contributed by atoms with van der Waals surface area (Å²) in [6.07, 6.45) is 6.22. The standard InChI is InChI=1S/C18H22BrNO3/c1-13-6-7-15(16(19)11-13)8-9-18(22)23-12-17(21)20-10-4-3-5-14(20)2/h6-9,11,14H,3-5,10,12H2,1-2H3/b9-8+/t14-/m1/s1. The molecule has 2 rings (SSSR count). The van der Waals surface area contributed by atoms with Gasteiger partial charge in [0.25, 0.3) is 5.91 Å². The number of amides is 1. The zero-order valence-corrected chi connectivity index (χ0v) is 15.1. The highest BCUT2D eigenvalue weighted by molar-refractivity contribution is 9.10. The van der Waals surface area contributed by atoms with Crippen molar-refractivity contribution in [2.75, 3.05) is 13.2 Å². The molecule has 0 radical (unpaired) electrons. The summed E-state index contributed by atoms with van der Waals surface area (Å²) in [6, 6.07) is 6.10. The Morgan fingerprint density at radius 3 is 2.87 bits per heavy atom. The Bertz CT molecular complexity index is 612. The molecule has 0 spiro atoms. The SMILES string of the molecule is Cc1ccc(/C=C/C(=O)OCC(=O)N2CCCC[C@H]2C)c(Br)c1. The second kappa shape index (κ2) is 8.29. The normalized spacial score (nSPS) is 18.2. The highest BCUT2D eigenvalue weighted by Gasteiger charge is 2.23. The van der Waals surface area contributed by atoms with Crippen LogP contribution in [0.3, 0.4) is 0 Å². The number of piperidine rings is 1. The van der Waals surface area contributed by atoms with Crippen molar-refractivity contribution < 1.29 is 14.3 Å². The molecule has 0 saturated carbocycles. The Labute approximate surface area is 145 Å². The molecule has 1 amide bonds. The molecule has 1 aliphatic rings. The first-order valence-electron chi connectivity index (χ1n) is 7.88. The lowest BCUT2D eigenvalue weighted by atomic mass is 10.0. The number of ether oxygens (including phenoxy) is 1. The van der Waals surface area contributed by atoms with Gasteiger partial charge in [0.15, 0.2) is 6.61 Å². The number of hydrogen-bond acceptors (Lipinski definition) is 3. The van der Waals surface area contributed by atoms with E-state index in [4.69, 9.17) is 4.74 Å². The van der Waals surface area contributed by atoms with Crippen LogP contribution in [0.1, 0.15) is 37.3 Å². The van der Waals surface area contributed by atoms with E-state index in [0.717, 1.165) is 41.4 Å². The molecule has 1 aromatic rings. The topological polar surface area (TPSA) is 46.6 Å². The first-order chi connectivity index (χ1) is 11.0. The van der Waals surface area contributed by atoms with Gasteiger partial charge >= 0.3 is 5.97 Å². The molecular formula is C18H22BrNO3. The first-order valence-corrected chi connectivity index (χ1v) is 8.67. The highest BCUT2D eigenvalue weighted by Crippen LogP contribution is 2.20. The van der Waals surface area contributed by atoms with E-state index in [0.29, 0.717) is 0 Å². The Balaban J connectivity index is 1.84. The van der Waals surface area contributed by atoms with E-state index in [1.165, 1.54) is 6.08 Å². The molecule has 1 aliphatic heterocycles. The number of carbonyl (C=O) groups excluding carboxylic acids is 2. The van der Waals surface area contributed by atoms with Gasteiger partial charge in [-0.1, -0.05) is 28.1 Å². The number of hydrogen-bond donors (Lipinski definition) is 0. The average molecular weight is 380 g/mol. The van der Waals surface area contributed by atoms with E-state index in [1.807, 2.05) is 32.0 Å². The summed E-state index contributed by atoms with van der Waals surface area (Å²) in [4.78, 5) is 25.7. The zero-order chi connectivity index (χ0) is 16.8. The number of aryl methyl sites for hydroxylation is 1. The Morgan fingerprint density at radius 1 is 1.39 bits per heavy atom. The number of halogens is 1. The maximum absolute atomic E-state index is 12.1. The van der Waals surface area contributed by atoms with Crippen LogP contribution in [0.2, 0.25) is 0 Å². The number of carbonyl (C=O) groups is 2. The lowest BCUT2D eigenvalue weighted by Crippen LogP contribution is -2.44. The van der Waals surface area contributed by atoms with Gasteiger partial charge in [-0.15, -0.1) is 0 Å². The Hall–Kier alpha value is -1.62. The molecule has 1 aromatic carbocycles. The second-order valence-electron chi connectivity index (χ2n) is 5.90. The van der Waals surface area contributed by atoms with Crippen LogP contribution in [0, 0.1) is 6.92 Å². The summed E-state index contributed by atoms with van der Waals surface area (Å²) in [5, 5.41) is 0. The van der Waals surface area contributed by atoms with Gasteiger partial charge in [-0.3, -0.25) is 4.79 Å². The molecule has 1 saturated heterocycles. The van der Waals surface area contributed by atoms with Crippen molar-refractivity contribution in [2.24, 2.45) is 0 Å². The van der Waals surface area contributed by atoms with Crippen LogP contribution in [0.4, 0.5) is 0 Å². The van der Waals surface area contributed by atoms with Gasteiger partial charge in [-0.05, 0) is 56.4 Å². The van der Waals surface area contributed by atoms with E-state index in [1.54, 1.807) is 11.0 Å². The van der Waals surface area contributed by atoms with Gasteiger partial charge in [0.1, 0.15) is 0 Å². The van der Waals surface area contributed by atoms with Crippen molar-refractivity contribution in [2.45, 2.75) is 39.2 Å². The first kappa shape index (κ1) is 17.7. The lowest BCUT2D eigenvalue weighted by molar-refractivity contribution is -0.149. The minimum atomic E-state index is -0.504. The molecule has 124 valence electrons. The molecule has 1 heterocycles. The van der Waals surface area contributed by atoms with Crippen LogP contribution >= 0.6 is 15.9 Å². The van der Waals surface area contributed by atoms with Crippen molar-refractivity contribution in [3.63, 3.8) is 0 Å². The smallest absolute Gasteiger partial charge is 0.331 e. The van der Waals surface area contributed by atoms with E-state index in [-0.39, 0.29) is 18.6 Å². The zero-order valence-electron chi connectivity index (χ0n) is 13.5. The molecule has 5 heteroatoms. The Kier molecular flexibility index (Phi) is 6.39. The van der Waals surface area contributed by atoms with Gasteiger partial charge in [0.05, 0.1) is 0 Å². The highest BCUT2D eigenvalue weighted by atomic mass is 79.9. The van der Waals surface area contributed by atoms with Gasteiger partial charge < -0.3 is 9.64 Å². The predicted molar refractivity (Wildman–Crippen MR) is 93.9 cm³/mol. The van der Waals surface area contributed by atoms with E-state index in [2.05, 4.69) is 15.9 Å². The van der Waals surface area contributed by atoms with Crippen molar-refractivity contribution in [3.8, 4) is 0 Å². The number of rotatable bonds is 4. The van der Waals surface area contributed by atoms with Crippen LogP contribution in [0.25, 0.3) is 6.08 Å². The molecule has 0 N–H and O–H groups in total. The van der Waals surface area contributed by atoms with E-state index in [9.17, 15) is 9.59 Å². The number of likely N-dealkylation sites (tertiary alicyclic amines) is 1. The average Bonchev–Trinajstić information content (AvgIpc) is 2.52. The molecule has 0 bridgehead atoms. The van der Waals surface area contributed by atoms with Gasteiger partial charge in [0.2, 0.25) is 0 Å². The quantitative estimate of drug-likeness (QED) is 0.591. The van der Waals surface area contributed by atoms with Crippen LogP contribution < -0.4 is 0 Å². The van der Waals surface area contributed by atoms with E-state index >= 15 is 0 Å². The molecule has 0 aliphatic carbocycles. The fourth-order valence-corrected chi connectivity index (χ4v) is 3.28. The summed E-state index contributed by atoms with van der Waals surface area (Å²) in [7, 11) is 0. The number of benzene rings is 1. The summed E-state index contributed by atoms with van der Waals surface area (Å²) >= 11 is 3.45. The fourth-order valence-electron chi connectivity index (χ4n) is 2.66. The predicted octanol–water partition coefficient (Wildman–Crippen LogP) is 3.71. The molecule has 4 nitrogen and oxygen atoms in total.